The summed E-state index contributed by atoms with van der Waals surface area (Å²) in [5.74, 6) is -0.0808. The molecule has 5 heteroatoms. The molecule has 1 rings (SSSR count). The van der Waals surface area contributed by atoms with Crippen LogP contribution in [0.4, 0.5) is 13.2 Å². The molecule has 0 saturated heterocycles. The fourth-order valence-corrected chi connectivity index (χ4v) is 2.10. The maximum absolute atomic E-state index is 13.2. The van der Waals surface area contributed by atoms with Crippen LogP contribution in [0.1, 0.15) is 51.2 Å². The molecule has 0 aromatic heterocycles. The Morgan fingerprint density at radius 2 is 1.90 bits per heavy atom. The van der Waals surface area contributed by atoms with Crippen LogP contribution in [0.5, 0.6) is 5.75 Å². The van der Waals surface area contributed by atoms with Crippen LogP contribution in [-0.4, -0.2) is 12.6 Å². The molecule has 2 nitrogen and oxygen atoms in total. The number of hydrogen-bond donors (Lipinski definition) is 1. The van der Waals surface area contributed by atoms with Gasteiger partial charge in [-0.25, -0.2) is 0 Å². The van der Waals surface area contributed by atoms with Crippen LogP contribution in [0, 0.1) is 0 Å². The fourth-order valence-electron chi connectivity index (χ4n) is 2.10. The van der Waals surface area contributed by atoms with Crippen LogP contribution in [-0.2, 0) is 12.7 Å². The first-order valence-corrected chi connectivity index (χ1v) is 7.46. The van der Waals surface area contributed by atoms with Gasteiger partial charge in [0.1, 0.15) is 5.75 Å². The molecule has 0 aliphatic rings. The zero-order valence-corrected chi connectivity index (χ0v) is 12.9. The van der Waals surface area contributed by atoms with Crippen LogP contribution in [0.15, 0.2) is 18.2 Å². The van der Waals surface area contributed by atoms with Gasteiger partial charge in [-0.15, -0.1) is 0 Å². The summed E-state index contributed by atoms with van der Waals surface area (Å²) in [6.45, 7) is 7.00. The van der Waals surface area contributed by atoms with Gasteiger partial charge in [0, 0.05) is 6.54 Å². The lowest BCUT2D eigenvalue weighted by atomic mass is 10.1. The number of rotatable bonds is 8. The molecular formula is C16H24F3NO. The second kappa shape index (κ2) is 8.27. The maximum atomic E-state index is 13.2. The Balaban J connectivity index is 2.92. The number of ether oxygens (including phenoxy) is 1. The van der Waals surface area contributed by atoms with E-state index in [1.165, 1.54) is 12.1 Å². The van der Waals surface area contributed by atoms with E-state index in [2.05, 4.69) is 5.32 Å². The molecule has 1 N–H and O–H groups in total. The molecule has 120 valence electrons. The third kappa shape index (κ3) is 5.96. The first-order chi connectivity index (χ1) is 9.88. The van der Waals surface area contributed by atoms with Crippen LogP contribution in [0.25, 0.3) is 0 Å². The summed E-state index contributed by atoms with van der Waals surface area (Å²) >= 11 is 0. The smallest absolute Gasteiger partial charge is 0.419 e. The van der Waals surface area contributed by atoms with Crippen molar-refractivity contribution in [3.63, 3.8) is 0 Å². The molecule has 1 unspecified atom stereocenters. The van der Waals surface area contributed by atoms with Gasteiger partial charge in [0.05, 0.1) is 11.7 Å². The molecule has 0 bridgehead atoms. The molecule has 1 atom stereocenters. The van der Waals surface area contributed by atoms with Crippen molar-refractivity contribution in [2.45, 2.75) is 58.9 Å². The number of halogens is 3. The summed E-state index contributed by atoms with van der Waals surface area (Å²) in [6, 6.07) is 4.29. The lowest BCUT2D eigenvalue weighted by molar-refractivity contribution is -0.139. The van der Waals surface area contributed by atoms with E-state index in [1.807, 2.05) is 13.8 Å². The van der Waals surface area contributed by atoms with Gasteiger partial charge in [-0.1, -0.05) is 26.3 Å². The van der Waals surface area contributed by atoms with Crippen molar-refractivity contribution < 1.29 is 17.9 Å². The highest BCUT2D eigenvalue weighted by atomic mass is 19.4. The third-order valence-electron chi connectivity index (χ3n) is 3.13. The summed E-state index contributed by atoms with van der Waals surface area (Å²) in [5, 5.41) is 3.10. The van der Waals surface area contributed by atoms with E-state index < -0.39 is 11.7 Å². The number of benzene rings is 1. The molecule has 1 aromatic rings. The summed E-state index contributed by atoms with van der Waals surface area (Å²) in [7, 11) is 0. The van der Waals surface area contributed by atoms with E-state index in [9.17, 15) is 13.2 Å². The van der Waals surface area contributed by atoms with Crippen LogP contribution < -0.4 is 10.1 Å². The average molecular weight is 303 g/mol. The summed E-state index contributed by atoms with van der Waals surface area (Å²) < 4.78 is 44.9. The Morgan fingerprint density at radius 1 is 1.19 bits per heavy atom. The molecule has 0 aliphatic heterocycles. The largest absolute Gasteiger partial charge is 0.490 e. The van der Waals surface area contributed by atoms with E-state index in [0.717, 1.165) is 25.8 Å². The number of nitrogens with one attached hydrogen (secondary N) is 1. The van der Waals surface area contributed by atoms with Crippen molar-refractivity contribution in [1.82, 2.24) is 5.32 Å². The standard InChI is InChI=1S/C16H24F3NO/c1-4-6-12(3)21-15-8-7-13(11-20-9-5-2)10-14(15)16(17,18)19/h7-8,10,12,20H,4-6,9,11H2,1-3H3. The SMILES string of the molecule is CCCNCc1ccc(OC(C)CCC)c(C(F)(F)F)c1. The van der Waals surface area contributed by atoms with Crippen molar-refractivity contribution in [3.8, 4) is 5.75 Å². The van der Waals surface area contributed by atoms with Crippen molar-refractivity contribution in [3.05, 3.63) is 29.3 Å². The molecule has 1 aromatic carbocycles. The zero-order valence-electron chi connectivity index (χ0n) is 12.9. The van der Waals surface area contributed by atoms with Gasteiger partial charge in [0.15, 0.2) is 0 Å². The maximum Gasteiger partial charge on any atom is 0.419 e. The topological polar surface area (TPSA) is 21.3 Å². The molecule has 0 heterocycles. The Hall–Kier alpha value is -1.23. The first-order valence-electron chi connectivity index (χ1n) is 7.46. The van der Waals surface area contributed by atoms with Crippen molar-refractivity contribution in [2.75, 3.05) is 6.54 Å². The minimum atomic E-state index is -4.40. The summed E-state index contributed by atoms with van der Waals surface area (Å²) in [4.78, 5) is 0. The Labute approximate surface area is 124 Å². The normalized spacial score (nSPS) is 13.2. The average Bonchev–Trinajstić information content (AvgIpc) is 2.39. The molecule has 0 aliphatic carbocycles. The Kier molecular flexibility index (Phi) is 7.02. The van der Waals surface area contributed by atoms with Gasteiger partial charge in [-0.3, -0.25) is 0 Å². The van der Waals surface area contributed by atoms with E-state index in [-0.39, 0.29) is 11.9 Å². The van der Waals surface area contributed by atoms with E-state index in [4.69, 9.17) is 4.74 Å². The second-order valence-electron chi connectivity index (χ2n) is 5.22. The first kappa shape index (κ1) is 17.8. The van der Waals surface area contributed by atoms with E-state index in [0.29, 0.717) is 12.1 Å². The highest BCUT2D eigenvalue weighted by Gasteiger charge is 2.35. The lowest BCUT2D eigenvalue weighted by Gasteiger charge is -2.19. The quantitative estimate of drug-likeness (QED) is 0.698. The molecular weight excluding hydrogens is 279 g/mol. The molecule has 0 saturated carbocycles. The minimum Gasteiger partial charge on any atom is -0.490 e. The highest BCUT2D eigenvalue weighted by molar-refractivity contribution is 5.39. The van der Waals surface area contributed by atoms with Gasteiger partial charge < -0.3 is 10.1 Å². The predicted molar refractivity (Wildman–Crippen MR) is 78.4 cm³/mol. The fraction of sp³-hybridized carbons (Fsp3) is 0.625. The van der Waals surface area contributed by atoms with Gasteiger partial charge in [0.25, 0.3) is 0 Å². The highest BCUT2D eigenvalue weighted by Crippen LogP contribution is 2.37. The van der Waals surface area contributed by atoms with Gasteiger partial charge >= 0.3 is 6.18 Å². The van der Waals surface area contributed by atoms with Crippen molar-refractivity contribution in [2.24, 2.45) is 0 Å². The molecule has 0 amide bonds. The van der Waals surface area contributed by atoms with Crippen molar-refractivity contribution >= 4 is 0 Å². The minimum absolute atomic E-state index is 0.0808. The van der Waals surface area contributed by atoms with Gasteiger partial charge in [-0.2, -0.15) is 13.2 Å². The Bertz CT molecular complexity index is 432. The number of alkyl halides is 3. The third-order valence-corrected chi connectivity index (χ3v) is 3.13. The van der Waals surface area contributed by atoms with Crippen molar-refractivity contribution in [1.29, 1.82) is 0 Å². The zero-order chi connectivity index (χ0) is 15.9. The van der Waals surface area contributed by atoms with Gasteiger partial charge in [-0.05, 0) is 44.0 Å². The molecule has 0 radical (unpaired) electrons. The predicted octanol–water partition coefficient (Wildman–Crippen LogP) is 4.77. The van der Waals surface area contributed by atoms with Crippen LogP contribution in [0.2, 0.25) is 0 Å². The molecule has 0 fully saturated rings. The lowest BCUT2D eigenvalue weighted by Crippen LogP contribution is -2.17. The molecule has 21 heavy (non-hydrogen) atoms. The van der Waals surface area contributed by atoms with E-state index in [1.54, 1.807) is 13.0 Å². The van der Waals surface area contributed by atoms with Crippen LogP contribution in [0.3, 0.4) is 0 Å². The van der Waals surface area contributed by atoms with E-state index >= 15 is 0 Å². The Morgan fingerprint density at radius 3 is 2.48 bits per heavy atom. The molecule has 0 spiro atoms. The summed E-state index contributed by atoms with van der Waals surface area (Å²) in [6.07, 6.45) is -2.07. The van der Waals surface area contributed by atoms with Crippen LogP contribution >= 0.6 is 0 Å². The van der Waals surface area contributed by atoms with Gasteiger partial charge in [0.2, 0.25) is 0 Å². The monoisotopic (exact) mass is 303 g/mol. The second-order valence-corrected chi connectivity index (χ2v) is 5.22. The number of hydrogen-bond acceptors (Lipinski definition) is 2. The summed E-state index contributed by atoms with van der Waals surface area (Å²) in [5.41, 5.74) is -0.0764.